The first-order valence-electron chi connectivity index (χ1n) is 5.97. The molecule has 98 valence electrons. The highest BCUT2D eigenvalue weighted by Gasteiger charge is 2.28. The van der Waals surface area contributed by atoms with E-state index in [1.165, 1.54) is 18.8 Å². The summed E-state index contributed by atoms with van der Waals surface area (Å²) in [4.78, 5) is 29.0. The van der Waals surface area contributed by atoms with Crippen molar-refractivity contribution < 1.29 is 14.4 Å². The molecule has 0 saturated heterocycles. The summed E-state index contributed by atoms with van der Waals surface area (Å²) in [5.74, 6) is -0.249. The zero-order valence-corrected chi connectivity index (χ0v) is 10.9. The number of aromatic nitrogens is 2. The van der Waals surface area contributed by atoms with Crippen LogP contribution in [0.5, 0.6) is 0 Å². The van der Waals surface area contributed by atoms with Crippen molar-refractivity contribution in [3.63, 3.8) is 0 Å². The van der Waals surface area contributed by atoms with E-state index in [0.29, 0.717) is 24.2 Å². The van der Waals surface area contributed by atoms with E-state index < -0.39 is 0 Å². The SMILES string of the molecule is CON(C)C(=O)c1nn(C)c2c1CCCCC2=O. The first kappa shape index (κ1) is 12.8. The Hall–Kier alpha value is -1.69. The molecule has 0 radical (unpaired) electrons. The summed E-state index contributed by atoms with van der Waals surface area (Å²) in [7, 11) is 4.65. The highest BCUT2D eigenvalue weighted by atomic mass is 16.7. The lowest BCUT2D eigenvalue weighted by atomic mass is 10.1. The van der Waals surface area contributed by atoms with Crippen LogP contribution in [0.15, 0.2) is 0 Å². The van der Waals surface area contributed by atoms with Gasteiger partial charge in [0.15, 0.2) is 11.5 Å². The Balaban J connectivity index is 2.48. The molecule has 0 fully saturated rings. The maximum Gasteiger partial charge on any atom is 0.297 e. The second-order valence-corrected chi connectivity index (χ2v) is 4.41. The molecule has 1 aliphatic carbocycles. The summed E-state index contributed by atoms with van der Waals surface area (Å²) in [5.41, 5.74) is 1.65. The number of nitrogens with zero attached hydrogens (tertiary/aromatic N) is 3. The van der Waals surface area contributed by atoms with Crippen LogP contribution in [0.2, 0.25) is 0 Å². The lowest BCUT2D eigenvalue weighted by Crippen LogP contribution is -2.26. The van der Waals surface area contributed by atoms with Gasteiger partial charge in [-0.05, 0) is 19.3 Å². The highest BCUT2D eigenvalue weighted by molar-refractivity contribution is 6.01. The normalized spacial score (nSPS) is 15.2. The third kappa shape index (κ3) is 2.03. The van der Waals surface area contributed by atoms with E-state index in [2.05, 4.69) is 5.10 Å². The second kappa shape index (κ2) is 4.89. The minimum absolute atomic E-state index is 0.0663. The molecule has 18 heavy (non-hydrogen) atoms. The molecule has 1 aromatic heterocycles. The highest BCUT2D eigenvalue weighted by Crippen LogP contribution is 2.24. The van der Waals surface area contributed by atoms with Crippen LogP contribution in [-0.2, 0) is 18.3 Å². The number of hydrogen-bond donors (Lipinski definition) is 0. The van der Waals surface area contributed by atoms with Crippen molar-refractivity contribution in [2.24, 2.45) is 7.05 Å². The molecule has 6 heteroatoms. The largest absolute Gasteiger partial charge is 0.297 e. The molecule has 0 N–H and O–H groups in total. The van der Waals surface area contributed by atoms with Crippen molar-refractivity contribution in [2.75, 3.05) is 14.2 Å². The van der Waals surface area contributed by atoms with E-state index in [4.69, 9.17) is 4.84 Å². The smallest absolute Gasteiger partial charge is 0.292 e. The van der Waals surface area contributed by atoms with Gasteiger partial charge in [0.2, 0.25) is 0 Å². The van der Waals surface area contributed by atoms with Crippen LogP contribution in [0.3, 0.4) is 0 Å². The van der Waals surface area contributed by atoms with Gasteiger partial charge in [0, 0.05) is 26.1 Å². The molecule has 1 amide bonds. The Morgan fingerprint density at radius 1 is 1.39 bits per heavy atom. The van der Waals surface area contributed by atoms with E-state index >= 15 is 0 Å². The van der Waals surface area contributed by atoms with Crippen molar-refractivity contribution >= 4 is 11.7 Å². The molecule has 0 aliphatic heterocycles. The van der Waals surface area contributed by atoms with Crippen LogP contribution in [-0.4, -0.2) is 40.7 Å². The number of hydroxylamine groups is 2. The van der Waals surface area contributed by atoms with Gasteiger partial charge in [-0.1, -0.05) is 0 Å². The summed E-state index contributed by atoms with van der Waals surface area (Å²) in [5, 5.41) is 5.30. The average molecular weight is 251 g/mol. The van der Waals surface area contributed by atoms with E-state index in [9.17, 15) is 9.59 Å². The minimum Gasteiger partial charge on any atom is -0.292 e. The summed E-state index contributed by atoms with van der Waals surface area (Å²) < 4.78 is 1.51. The Kier molecular flexibility index (Phi) is 3.47. The average Bonchev–Trinajstić information content (AvgIpc) is 2.56. The Bertz CT molecular complexity index is 493. The molecule has 2 rings (SSSR count). The lowest BCUT2D eigenvalue weighted by Gasteiger charge is -2.12. The van der Waals surface area contributed by atoms with Gasteiger partial charge in [0.05, 0.1) is 7.11 Å². The van der Waals surface area contributed by atoms with Gasteiger partial charge in [-0.3, -0.25) is 19.1 Å². The fourth-order valence-electron chi connectivity index (χ4n) is 2.26. The van der Waals surface area contributed by atoms with E-state index in [0.717, 1.165) is 23.5 Å². The van der Waals surface area contributed by atoms with Crippen LogP contribution in [0.4, 0.5) is 0 Å². The van der Waals surface area contributed by atoms with Gasteiger partial charge in [-0.25, -0.2) is 5.06 Å². The molecule has 0 saturated carbocycles. The number of fused-ring (bicyclic) bond motifs is 1. The number of amides is 1. The minimum atomic E-state index is -0.316. The number of ketones is 1. The molecule has 6 nitrogen and oxygen atoms in total. The molecule has 0 aromatic carbocycles. The predicted octanol–water partition coefficient (Wildman–Crippen LogP) is 0.963. The Morgan fingerprint density at radius 3 is 2.72 bits per heavy atom. The van der Waals surface area contributed by atoms with Crippen LogP contribution < -0.4 is 0 Å². The number of aryl methyl sites for hydroxylation is 1. The fraction of sp³-hybridized carbons (Fsp3) is 0.583. The van der Waals surface area contributed by atoms with Gasteiger partial charge >= 0.3 is 0 Å². The molecule has 0 spiro atoms. The zero-order valence-electron chi connectivity index (χ0n) is 10.9. The van der Waals surface area contributed by atoms with Crippen molar-refractivity contribution in [1.29, 1.82) is 0 Å². The molecular formula is C12H17N3O3. The van der Waals surface area contributed by atoms with E-state index in [1.54, 1.807) is 7.05 Å². The number of carbonyl (C=O) groups excluding carboxylic acids is 2. The maximum absolute atomic E-state index is 12.1. The van der Waals surface area contributed by atoms with Crippen LogP contribution in [0.25, 0.3) is 0 Å². The Labute approximate surface area is 105 Å². The van der Waals surface area contributed by atoms with Crippen LogP contribution in [0, 0.1) is 0 Å². The summed E-state index contributed by atoms with van der Waals surface area (Å²) in [6, 6.07) is 0. The zero-order chi connectivity index (χ0) is 13.3. The van der Waals surface area contributed by atoms with Gasteiger partial charge in [0.1, 0.15) is 5.69 Å². The molecule has 1 heterocycles. The molecule has 0 bridgehead atoms. The van der Waals surface area contributed by atoms with Crippen molar-refractivity contribution in [3.05, 3.63) is 17.0 Å². The summed E-state index contributed by atoms with van der Waals surface area (Å²) in [6.07, 6.45) is 3.01. The van der Waals surface area contributed by atoms with Crippen molar-refractivity contribution in [3.8, 4) is 0 Å². The third-order valence-corrected chi connectivity index (χ3v) is 3.25. The fourth-order valence-corrected chi connectivity index (χ4v) is 2.26. The standard InChI is InChI=1S/C12H17N3O3/c1-14-11-8(6-4-5-7-9(11)16)10(13-14)12(17)15(2)18-3/h4-7H2,1-3H3. The van der Waals surface area contributed by atoms with Gasteiger partial charge in [0.25, 0.3) is 5.91 Å². The van der Waals surface area contributed by atoms with E-state index in [-0.39, 0.29) is 11.7 Å². The van der Waals surface area contributed by atoms with E-state index in [1.807, 2.05) is 0 Å². The number of carbonyl (C=O) groups is 2. The monoisotopic (exact) mass is 251 g/mol. The molecule has 1 aromatic rings. The maximum atomic E-state index is 12.1. The quantitative estimate of drug-likeness (QED) is 0.580. The second-order valence-electron chi connectivity index (χ2n) is 4.41. The van der Waals surface area contributed by atoms with Gasteiger partial charge < -0.3 is 0 Å². The van der Waals surface area contributed by atoms with Crippen molar-refractivity contribution in [2.45, 2.75) is 25.7 Å². The molecule has 0 atom stereocenters. The first-order chi connectivity index (χ1) is 8.56. The molecule has 1 aliphatic rings. The number of hydrogen-bond acceptors (Lipinski definition) is 4. The Morgan fingerprint density at radius 2 is 2.06 bits per heavy atom. The summed E-state index contributed by atoms with van der Waals surface area (Å²) >= 11 is 0. The molecular weight excluding hydrogens is 234 g/mol. The predicted molar refractivity (Wildman–Crippen MR) is 64.2 cm³/mol. The number of Topliss-reactive ketones (excluding diaryl/α,β-unsaturated/α-hetero) is 1. The van der Waals surface area contributed by atoms with Crippen LogP contribution >= 0.6 is 0 Å². The third-order valence-electron chi connectivity index (χ3n) is 3.25. The summed E-state index contributed by atoms with van der Waals surface area (Å²) in [6.45, 7) is 0. The van der Waals surface area contributed by atoms with Crippen molar-refractivity contribution in [1.82, 2.24) is 14.8 Å². The van der Waals surface area contributed by atoms with Gasteiger partial charge in [-0.2, -0.15) is 5.10 Å². The first-order valence-corrected chi connectivity index (χ1v) is 5.97. The topological polar surface area (TPSA) is 64.4 Å². The number of rotatable bonds is 2. The molecule has 0 unspecified atom stereocenters. The van der Waals surface area contributed by atoms with Gasteiger partial charge in [-0.15, -0.1) is 0 Å². The lowest BCUT2D eigenvalue weighted by molar-refractivity contribution is -0.0761. The van der Waals surface area contributed by atoms with Crippen LogP contribution in [0.1, 0.15) is 45.8 Å².